The summed E-state index contributed by atoms with van der Waals surface area (Å²) in [6.45, 7) is 2.51. The maximum atomic E-state index is 12.1. The van der Waals surface area contributed by atoms with E-state index in [9.17, 15) is 14.4 Å². The van der Waals surface area contributed by atoms with Gasteiger partial charge in [-0.25, -0.2) is 4.68 Å². The van der Waals surface area contributed by atoms with Crippen LogP contribution in [0.15, 0.2) is 41.2 Å². The Morgan fingerprint density at radius 1 is 1.12 bits per heavy atom. The minimum atomic E-state index is -0.505. The fourth-order valence-corrected chi connectivity index (χ4v) is 2.20. The summed E-state index contributed by atoms with van der Waals surface area (Å²) < 4.78 is 6.31. The number of carbonyl (C=O) groups is 2. The molecule has 1 heterocycles. The van der Waals surface area contributed by atoms with E-state index in [2.05, 4.69) is 15.7 Å². The second-order valence-corrected chi connectivity index (χ2v) is 5.59. The van der Waals surface area contributed by atoms with Crippen molar-refractivity contribution in [3.63, 3.8) is 0 Å². The first-order valence-electron chi connectivity index (χ1n) is 8.29. The fraction of sp³-hybridized carbons (Fsp3) is 0.333. The van der Waals surface area contributed by atoms with Crippen molar-refractivity contribution in [2.45, 2.75) is 26.4 Å². The first-order chi connectivity index (χ1) is 12.5. The number of rotatable bonds is 8. The van der Waals surface area contributed by atoms with Crippen molar-refractivity contribution >= 4 is 11.8 Å². The monoisotopic (exact) mass is 358 g/mol. The Balaban J connectivity index is 1.83. The Morgan fingerprint density at radius 2 is 1.85 bits per heavy atom. The van der Waals surface area contributed by atoms with Gasteiger partial charge in [-0.15, -0.1) is 0 Å². The van der Waals surface area contributed by atoms with Crippen molar-refractivity contribution in [3.05, 3.63) is 58.0 Å². The molecular weight excluding hydrogens is 336 g/mol. The Morgan fingerprint density at radius 3 is 2.50 bits per heavy atom. The first kappa shape index (κ1) is 19.2. The molecular formula is C18H22N4O4. The topological polar surface area (TPSA) is 102 Å². The average Bonchev–Trinajstić information content (AvgIpc) is 2.66. The van der Waals surface area contributed by atoms with E-state index in [0.717, 1.165) is 17.7 Å². The molecule has 0 aliphatic heterocycles. The summed E-state index contributed by atoms with van der Waals surface area (Å²) >= 11 is 0. The molecule has 26 heavy (non-hydrogen) atoms. The van der Waals surface area contributed by atoms with E-state index in [-0.39, 0.29) is 23.7 Å². The number of ether oxygens (including phenoxy) is 1. The molecule has 2 N–H and O–H groups in total. The van der Waals surface area contributed by atoms with Gasteiger partial charge in [-0.1, -0.05) is 19.1 Å². The number of amides is 2. The molecule has 0 saturated heterocycles. The molecule has 0 unspecified atom stereocenters. The van der Waals surface area contributed by atoms with Gasteiger partial charge in [0.15, 0.2) is 0 Å². The third-order valence-electron chi connectivity index (χ3n) is 3.59. The molecule has 0 saturated carbocycles. The zero-order valence-electron chi connectivity index (χ0n) is 14.8. The van der Waals surface area contributed by atoms with Crippen molar-refractivity contribution in [3.8, 4) is 5.75 Å². The molecule has 8 nitrogen and oxygen atoms in total. The molecule has 0 bridgehead atoms. The van der Waals surface area contributed by atoms with E-state index in [1.165, 1.54) is 16.8 Å². The molecule has 1 aromatic carbocycles. The quantitative estimate of drug-likeness (QED) is 0.723. The molecule has 0 fully saturated rings. The molecule has 1 aromatic heterocycles. The molecule has 138 valence electrons. The highest BCUT2D eigenvalue weighted by Crippen LogP contribution is 2.10. The van der Waals surface area contributed by atoms with E-state index >= 15 is 0 Å². The minimum absolute atomic E-state index is 0.0982. The predicted molar refractivity (Wildman–Crippen MR) is 96.0 cm³/mol. The lowest BCUT2D eigenvalue weighted by atomic mass is 10.2. The lowest BCUT2D eigenvalue weighted by Crippen LogP contribution is -2.37. The lowest BCUT2D eigenvalue weighted by molar-refractivity contribution is -0.120. The highest BCUT2D eigenvalue weighted by atomic mass is 16.5. The van der Waals surface area contributed by atoms with Gasteiger partial charge < -0.3 is 15.4 Å². The molecule has 0 spiro atoms. The Labute approximate surface area is 151 Å². The molecule has 0 aliphatic rings. The SMILES string of the molecule is CCCn1nc(C(=O)NCC(=O)NCc2ccc(OC)cc2)ccc1=O. The van der Waals surface area contributed by atoms with E-state index in [1.807, 2.05) is 19.1 Å². The highest BCUT2D eigenvalue weighted by molar-refractivity contribution is 5.94. The van der Waals surface area contributed by atoms with Crippen molar-refractivity contribution in [2.75, 3.05) is 13.7 Å². The Hall–Kier alpha value is -3.16. The summed E-state index contributed by atoms with van der Waals surface area (Å²) in [5.74, 6) is -0.0882. The van der Waals surface area contributed by atoms with Crippen LogP contribution in [-0.2, 0) is 17.9 Å². The van der Waals surface area contributed by atoms with Crippen molar-refractivity contribution in [1.82, 2.24) is 20.4 Å². The molecule has 2 rings (SSSR count). The first-order valence-corrected chi connectivity index (χ1v) is 8.29. The standard InChI is InChI=1S/C18H22N4O4/c1-3-10-22-17(24)9-8-15(21-22)18(25)20-12-16(23)19-11-13-4-6-14(26-2)7-5-13/h4-9H,3,10-12H2,1-2H3,(H,19,23)(H,20,25). The second-order valence-electron chi connectivity index (χ2n) is 5.59. The number of nitrogens with zero attached hydrogens (tertiary/aromatic N) is 2. The van der Waals surface area contributed by atoms with Gasteiger partial charge in [0.25, 0.3) is 11.5 Å². The number of hydrogen-bond donors (Lipinski definition) is 2. The molecule has 2 aromatic rings. The van der Waals surface area contributed by atoms with Crippen LogP contribution in [0.5, 0.6) is 5.75 Å². The predicted octanol–water partition coefficient (Wildman–Crippen LogP) is 0.708. The van der Waals surface area contributed by atoms with Gasteiger partial charge in [0.2, 0.25) is 5.91 Å². The van der Waals surface area contributed by atoms with Crippen molar-refractivity contribution in [1.29, 1.82) is 0 Å². The molecule has 8 heteroatoms. The van der Waals surface area contributed by atoms with Gasteiger partial charge in [0.05, 0.1) is 13.7 Å². The zero-order valence-corrected chi connectivity index (χ0v) is 14.8. The third-order valence-corrected chi connectivity index (χ3v) is 3.59. The Bertz CT molecular complexity index is 815. The van der Waals surface area contributed by atoms with Gasteiger partial charge in [0, 0.05) is 19.2 Å². The summed E-state index contributed by atoms with van der Waals surface area (Å²) in [5, 5.41) is 9.21. The number of benzene rings is 1. The maximum Gasteiger partial charge on any atom is 0.272 e. The normalized spacial score (nSPS) is 10.2. The van der Waals surface area contributed by atoms with Crippen LogP contribution >= 0.6 is 0 Å². The van der Waals surface area contributed by atoms with Gasteiger partial charge in [0.1, 0.15) is 11.4 Å². The summed E-state index contributed by atoms with van der Waals surface area (Å²) in [5.41, 5.74) is 0.750. The highest BCUT2D eigenvalue weighted by Gasteiger charge is 2.11. The van der Waals surface area contributed by atoms with E-state index in [1.54, 1.807) is 19.2 Å². The van der Waals surface area contributed by atoms with E-state index < -0.39 is 5.91 Å². The number of aryl methyl sites for hydroxylation is 1. The summed E-state index contributed by atoms with van der Waals surface area (Å²) in [4.78, 5) is 35.6. The zero-order chi connectivity index (χ0) is 18.9. The van der Waals surface area contributed by atoms with Gasteiger partial charge in [-0.2, -0.15) is 5.10 Å². The van der Waals surface area contributed by atoms with Crippen LogP contribution in [0.3, 0.4) is 0 Å². The summed E-state index contributed by atoms with van der Waals surface area (Å²) in [7, 11) is 1.59. The fourth-order valence-electron chi connectivity index (χ4n) is 2.20. The molecule has 0 radical (unpaired) electrons. The number of carbonyl (C=O) groups excluding carboxylic acids is 2. The second kappa shape index (κ2) is 9.36. The largest absolute Gasteiger partial charge is 0.497 e. The Kier molecular flexibility index (Phi) is 6.90. The molecule has 0 aliphatic carbocycles. The summed E-state index contributed by atoms with van der Waals surface area (Å²) in [6.07, 6.45) is 0.728. The van der Waals surface area contributed by atoms with E-state index in [0.29, 0.717) is 13.1 Å². The van der Waals surface area contributed by atoms with Crippen molar-refractivity contribution < 1.29 is 14.3 Å². The van der Waals surface area contributed by atoms with E-state index in [4.69, 9.17) is 4.74 Å². The van der Waals surface area contributed by atoms with Gasteiger partial charge in [-0.3, -0.25) is 14.4 Å². The van der Waals surface area contributed by atoms with Gasteiger partial charge >= 0.3 is 0 Å². The summed E-state index contributed by atoms with van der Waals surface area (Å²) in [6, 6.07) is 9.94. The smallest absolute Gasteiger partial charge is 0.272 e. The maximum absolute atomic E-state index is 12.1. The van der Waals surface area contributed by atoms with Crippen LogP contribution in [0, 0.1) is 0 Å². The number of methoxy groups -OCH3 is 1. The molecule has 2 amide bonds. The van der Waals surface area contributed by atoms with Crippen LogP contribution in [-0.4, -0.2) is 35.2 Å². The van der Waals surface area contributed by atoms with Crippen LogP contribution in [0.2, 0.25) is 0 Å². The van der Waals surface area contributed by atoms with Crippen molar-refractivity contribution in [2.24, 2.45) is 0 Å². The average molecular weight is 358 g/mol. The molecule has 0 atom stereocenters. The van der Waals surface area contributed by atoms with Crippen LogP contribution in [0.4, 0.5) is 0 Å². The van der Waals surface area contributed by atoms with Crippen LogP contribution < -0.4 is 20.9 Å². The minimum Gasteiger partial charge on any atom is -0.497 e. The number of hydrogen-bond acceptors (Lipinski definition) is 5. The van der Waals surface area contributed by atoms with Crippen LogP contribution in [0.1, 0.15) is 29.4 Å². The van der Waals surface area contributed by atoms with Crippen LogP contribution in [0.25, 0.3) is 0 Å². The third kappa shape index (κ3) is 5.44. The number of aromatic nitrogens is 2. The number of nitrogens with one attached hydrogen (secondary N) is 2. The lowest BCUT2D eigenvalue weighted by Gasteiger charge is -2.08. The van der Waals surface area contributed by atoms with Gasteiger partial charge in [-0.05, 0) is 30.2 Å².